The van der Waals surface area contributed by atoms with Crippen molar-refractivity contribution >= 4 is 0 Å². The quantitative estimate of drug-likeness (QED) is 0.503. The normalized spacial score (nSPS) is 10.9. The fourth-order valence-electron chi connectivity index (χ4n) is 2.26. The molecule has 2 aromatic carbocycles. The van der Waals surface area contributed by atoms with Crippen LogP contribution in [0.2, 0.25) is 0 Å². The molecule has 0 aliphatic rings. The molecule has 0 saturated carbocycles. The Morgan fingerprint density at radius 1 is 0.857 bits per heavy atom. The third kappa shape index (κ3) is 2.44. The number of hydrogen-bond donors (Lipinski definition) is 0. The molecule has 21 heavy (non-hydrogen) atoms. The molecule has 106 valence electrons. The van der Waals surface area contributed by atoms with E-state index in [1.165, 1.54) is 24.3 Å². The smallest absolute Gasteiger partial charge is 0.269 e. The van der Waals surface area contributed by atoms with Crippen molar-refractivity contribution in [1.29, 1.82) is 0 Å². The lowest BCUT2D eigenvalue weighted by molar-refractivity contribution is -0.606. The zero-order valence-corrected chi connectivity index (χ0v) is 11.8. The van der Waals surface area contributed by atoms with E-state index in [0.717, 1.165) is 22.8 Å². The van der Waals surface area contributed by atoms with Crippen molar-refractivity contribution in [1.82, 2.24) is 4.57 Å². The van der Waals surface area contributed by atoms with Gasteiger partial charge in [0.1, 0.15) is 11.6 Å². The van der Waals surface area contributed by atoms with Crippen molar-refractivity contribution in [2.24, 2.45) is 0 Å². The Balaban J connectivity index is 2.11. The van der Waals surface area contributed by atoms with Crippen LogP contribution in [0.1, 0.15) is 11.4 Å². The first-order valence-corrected chi connectivity index (χ1v) is 6.61. The van der Waals surface area contributed by atoms with Gasteiger partial charge in [-0.05, 0) is 62.4 Å². The Morgan fingerprint density at radius 3 is 1.95 bits per heavy atom. The highest BCUT2D eigenvalue weighted by molar-refractivity contribution is 5.34. The Morgan fingerprint density at radius 2 is 1.38 bits per heavy atom. The zero-order valence-electron chi connectivity index (χ0n) is 11.8. The van der Waals surface area contributed by atoms with Gasteiger partial charge in [-0.25, -0.2) is 8.78 Å². The van der Waals surface area contributed by atoms with E-state index in [9.17, 15) is 8.78 Å². The van der Waals surface area contributed by atoms with E-state index in [-0.39, 0.29) is 11.6 Å². The maximum absolute atomic E-state index is 13.0. The molecule has 0 atom stereocenters. The number of nitrogens with zero attached hydrogens (tertiary/aromatic N) is 2. The largest absolute Gasteiger partial charge is 0.296 e. The summed E-state index contributed by atoms with van der Waals surface area (Å²) < 4.78 is 29.8. The average molecular weight is 284 g/mol. The topological polar surface area (TPSA) is 8.81 Å². The van der Waals surface area contributed by atoms with Gasteiger partial charge in [0.25, 0.3) is 6.33 Å². The summed E-state index contributed by atoms with van der Waals surface area (Å²) in [4.78, 5) is 0. The molecule has 4 heteroatoms. The predicted octanol–water partition coefficient (Wildman–Crippen LogP) is 3.45. The highest BCUT2D eigenvalue weighted by Crippen LogP contribution is 2.15. The van der Waals surface area contributed by atoms with Crippen LogP contribution in [0.3, 0.4) is 0 Å². The van der Waals surface area contributed by atoms with E-state index in [1.54, 1.807) is 24.3 Å². The van der Waals surface area contributed by atoms with Crippen molar-refractivity contribution in [2.75, 3.05) is 0 Å². The SMILES string of the molecule is Cc1c(C)[n+](-c2ccc(F)cc2)[c-]n1-c1ccc(F)cc1. The molecule has 0 bridgehead atoms. The predicted molar refractivity (Wildman–Crippen MR) is 75.5 cm³/mol. The zero-order chi connectivity index (χ0) is 15.0. The Hall–Kier alpha value is -2.49. The fourth-order valence-corrected chi connectivity index (χ4v) is 2.26. The number of rotatable bonds is 2. The van der Waals surface area contributed by atoms with E-state index < -0.39 is 0 Å². The van der Waals surface area contributed by atoms with Crippen LogP contribution in [0.15, 0.2) is 48.5 Å². The van der Waals surface area contributed by atoms with Crippen LogP contribution in [0.5, 0.6) is 0 Å². The first-order chi connectivity index (χ1) is 10.1. The van der Waals surface area contributed by atoms with Gasteiger partial charge in [0.2, 0.25) is 0 Å². The lowest BCUT2D eigenvalue weighted by Gasteiger charge is -2.03. The highest BCUT2D eigenvalue weighted by Gasteiger charge is 2.12. The first-order valence-electron chi connectivity index (χ1n) is 6.61. The van der Waals surface area contributed by atoms with E-state index in [2.05, 4.69) is 6.33 Å². The van der Waals surface area contributed by atoms with E-state index >= 15 is 0 Å². The minimum atomic E-state index is -0.272. The van der Waals surface area contributed by atoms with Crippen molar-refractivity contribution in [3.63, 3.8) is 0 Å². The van der Waals surface area contributed by atoms with Crippen LogP contribution in [0, 0.1) is 31.8 Å². The molecule has 0 aliphatic carbocycles. The monoisotopic (exact) mass is 284 g/mol. The van der Waals surface area contributed by atoms with Crippen LogP contribution in [-0.2, 0) is 0 Å². The van der Waals surface area contributed by atoms with Crippen LogP contribution in [-0.4, -0.2) is 4.57 Å². The molecule has 1 aromatic heterocycles. The summed E-state index contributed by atoms with van der Waals surface area (Å²) in [6, 6.07) is 12.5. The average Bonchev–Trinajstić information content (AvgIpc) is 2.78. The summed E-state index contributed by atoms with van der Waals surface area (Å²) in [5.74, 6) is -0.543. The second-order valence-electron chi connectivity index (χ2n) is 4.89. The van der Waals surface area contributed by atoms with Crippen molar-refractivity contribution in [3.05, 3.63) is 77.9 Å². The summed E-state index contributed by atoms with van der Waals surface area (Å²) in [5.41, 5.74) is 3.65. The Bertz CT molecular complexity index is 706. The van der Waals surface area contributed by atoms with Crippen LogP contribution < -0.4 is 4.57 Å². The van der Waals surface area contributed by atoms with Gasteiger partial charge in [0.15, 0.2) is 0 Å². The fraction of sp³-hybridized carbons (Fsp3) is 0.118. The number of benzene rings is 2. The van der Waals surface area contributed by atoms with Crippen molar-refractivity contribution < 1.29 is 13.3 Å². The summed E-state index contributed by atoms with van der Waals surface area (Å²) in [7, 11) is 0. The number of aromatic nitrogens is 2. The Kier molecular flexibility index (Phi) is 3.29. The highest BCUT2D eigenvalue weighted by atomic mass is 19.1. The van der Waals surface area contributed by atoms with Gasteiger partial charge < -0.3 is 0 Å². The van der Waals surface area contributed by atoms with E-state index in [0.29, 0.717) is 0 Å². The minimum absolute atomic E-state index is 0.272. The van der Waals surface area contributed by atoms with Gasteiger partial charge in [-0.15, -0.1) is 0 Å². The molecular weight excluding hydrogens is 270 g/mol. The lowest BCUT2D eigenvalue weighted by Crippen LogP contribution is -2.32. The molecular formula is C17H14F2N2. The molecule has 2 nitrogen and oxygen atoms in total. The third-order valence-electron chi connectivity index (χ3n) is 3.56. The first kappa shape index (κ1) is 13.5. The van der Waals surface area contributed by atoms with E-state index in [4.69, 9.17) is 0 Å². The maximum atomic E-state index is 13.0. The van der Waals surface area contributed by atoms with Gasteiger partial charge in [-0.3, -0.25) is 9.13 Å². The van der Waals surface area contributed by atoms with Gasteiger partial charge >= 0.3 is 0 Å². The molecule has 0 unspecified atom stereocenters. The van der Waals surface area contributed by atoms with Crippen molar-refractivity contribution in [2.45, 2.75) is 13.8 Å². The third-order valence-corrected chi connectivity index (χ3v) is 3.56. The molecule has 0 spiro atoms. The molecule has 1 heterocycles. The van der Waals surface area contributed by atoms with Crippen LogP contribution in [0.25, 0.3) is 11.4 Å². The molecule has 0 fully saturated rings. The van der Waals surface area contributed by atoms with E-state index in [1.807, 2.05) is 23.0 Å². The van der Waals surface area contributed by atoms with Crippen molar-refractivity contribution in [3.8, 4) is 11.4 Å². The summed E-state index contributed by atoms with van der Waals surface area (Å²) >= 11 is 0. The number of hydrogen-bond acceptors (Lipinski definition) is 0. The molecule has 0 aliphatic heterocycles. The second kappa shape index (κ2) is 5.13. The summed E-state index contributed by atoms with van der Waals surface area (Å²) in [5, 5.41) is 0. The molecule has 3 aromatic rings. The summed E-state index contributed by atoms with van der Waals surface area (Å²) in [6.07, 6.45) is 3.21. The molecule has 0 radical (unpaired) electrons. The van der Waals surface area contributed by atoms with Gasteiger partial charge in [-0.1, -0.05) is 0 Å². The number of imidazole rings is 1. The van der Waals surface area contributed by atoms with Gasteiger partial charge in [0.05, 0.1) is 22.8 Å². The molecule has 0 amide bonds. The summed E-state index contributed by atoms with van der Waals surface area (Å²) in [6.45, 7) is 3.93. The Labute approximate surface area is 121 Å². The molecule has 0 saturated heterocycles. The standard InChI is InChI=1S/C17H14F2N2/c1-12-13(2)21(17-9-5-15(19)6-10-17)11-20(12)16-7-3-14(18)4-8-16/h3-10H,1-2H3. The second-order valence-corrected chi connectivity index (χ2v) is 4.89. The van der Waals surface area contributed by atoms with Crippen LogP contribution in [0.4, 0.5) is 8.78 Å². The van der Waals surface area contributed by atoms with Gasteiger partial charge in [-0.2, -0.15) is 0 Å². The molecule has 3 rings (SSSR count). The lowest BCUT2D eigenvalue weighted by atomic mass is 10.3. The molecule has 0 N–H and O–H groups in total. The van der Waals surface area contributed by atoms with Gasteiger partial charge in [0, 0.05) is 0 Å². The number of halogens is 2. The van der Waals surface area contributed by atoms with Crippen LogP contribution >= 0.6 is 0 Å². The maximum Gasteiger partial charge on any atom is 0.269 e. The minimum Gasteiger partial charge on any atom is -0.296 e.